The molecule has 2 rings (SSSR count). The third-order valence-corrected chi connectivity index (χ3v) is 4.76. The van der Waals surface area contributed by atoms with Crippen molar-refractivity contribution in [1.29, 1.82) is 0 Å². The fourth-order valence-electron chi connectivity index (χ4n) is 2.66. The zero-order valence-electron chi connectivity index (χ0n) is 12.0. The number of benzene rings is 1. The van der Waals surface area contributed by atoms with E-state index >= 15 is 0 Å². The number of aliphatic carboxylic acids is 1. The van der Waals surface area contributed by atoms with Crippen molar-refractivity contribution in [2.75, 3.05) is 19.3 Å². The Morgan fingerprint density at radius 3 is 2.71 bits per heavy atom. The first-order valence-corrected chi connectivity index (χ1v) is 8.38. The molecule has 0 saturated carbocycles. The molecule has 1 fully saturated rings. The summed E-state index contributed by atoms with van der Waals surface area (Å²) in [5, 5.41) is 9.60. The fourth-order valence-corrected chi connectivity index (χ4v) is 3.30. The Balaban J connectivity index is 2.24. The SMILES string of the molecule is CSc1ccc(Cl)c(C(=O)N2CC(C)CC(C(=O)O)C2)c1. The summed E-state index contributed by atoms with van der Waals surface area (Å²) in [5.41, 5.74) is 0.446. The lowest BCUT2D eigenvalue weighted by Gasteiger charge is -2.34. The van der Waals surface area contributed by atoms with Gasteiger partial charge in [-0.2, -0.15) is 0 Å². The first-order chi connectivity index (χ1) is 9.92. The lowest BCUT2D eigenvalue weighted by molar-refractivity contribution is -0.143. The summed E-state index contributed by atoms with van der Waals surface area (Å²) in [7, 11) is 0. The summed E-state index contributed by atoms with van der Waals surface area (Å²) in [6.07, 6.45) is 2.54. The lowest BCUT2D eigenvalue weighted by atomic mass is 9.90. The number of hydrogen-bond donors (Lipinski definition) is 1. The number of amides is 1. The van der Waals surface area contributed by atoms with Crippen LogP contribution in [-0.4, -0.2) is 41.2 Å². The van der Waals surface area contributed by atoms with E-state index in [1.54, 1.807) is 17.0 Å². The van der Waals surface area contributed by atoms with Gasteiger partial charge in [0.25, 0.3) is 5.91 Å². The second-order valence-electron chi connectivity index (χ2n) is 5.43. The summed E-state index contributed by atoms with van der Waals surface area (Å²) in [6.45, 7) is 2.79. The number of hydrogen-bond acceptors (Lipinski definition) is 3. The van der Waals surface area contributed by atoms with Gasteiger partial charge in [0.2, 0.25) is 0 Å². The molecule has 1 amide bonds. The Labute approximate surface area is 133 Å². The fraction of sp³-hybridized carbons (Fsp3) is 0.467. The van der Waals surface area contributed by atoms with Crippen LogP contribution in [0.1, 0.15) is 23.7 Å². The average Bonchev–Trinajstić information content (AvgIpc) is 2.46. The molecule has 4 nitrogen and oxygen atoms in total. The van der Waals surface area contributed by atoms with E-state index < -0.39 is 11.9 Å². The van der Waals surface area contributed by atoms with E-state index in [2.05, 4.69) is 0 Å². The monoisotopic (exact) mass is 327 g/mol. The first-order valence-electron chi connectivity index (χ1n) is 6.78. The van der Waals surface area contributed by atoms with Crippen LogP contribution in [0.25, 0.3) is 0 Å². The zero-order chi connectivity index (χ0) is 15.6. The van der Waals surface area contributed by atoms with Crippen molar-refractivity contribution in [1.82, 2.24) is 4.90 Å². The molecule has 1 aliphatic rings. The van der Waals surface area contributed by atoms with Gasteiger partial charge in [0, 0.05) is 18.0 Å². The van der Waals surface area contributed by atoms with E-state index in [9.17, 15) is 14.7 Å². The molecule has 1 saturated heterocycles. The normalized spacial score (nSPS) is 22.1. The molecule has 0 aromatic heterocycles. The van der Waals surface area contributed by atoms with Crippen molar-refractivity contribution in [3.8, 4) is 0 Å². The maximum atomic E-state index is 12.6. The molecule has 0 spiro atoms. The molecule has 0 aliphatic carbocycles. The minimum Gasteiger partial charge on any atom is -0.481 e. The molecule has 1 aliphatic heterocycles. The van der Waals surface area contributed by atoms with Crippen LogP contribution in [0.4, 0.5) is 0 Å². The van der Waals surface area contributed by atoms with Crippen molar-refractivity contribution in [3.63, 3.8) is 0 Å². The molecule has 1 N–H and O–H groups in total. The number of halogens is 1. The number of carboxylic acids is 1. The van der Waals surface area contributed by atoms with Gasteiger partial charge in [-0.15, -0.1) is 11.8 Å². The van der Waals surface area contributed by atoms with Crippen molar-refractivity contribution < 1.29 is 14.7 Å². The number of piperidine rings is 1. The van der Waals surface area contributed by atoms with Crippen LogP contribution in [0.2, 0.25) is 5.02 Å². The van der Waals surface area contributed by atoms with E-state index in [0.29, 0.717) is 23.6 Å². The summed E-state index contributed by atoms with van der Waals surface area (Å²) in [5.74, 6) is -1.36. The van der Waals surface area contributed by atoms with Crippen LogP contribution in [0, 0.1) is 11.8 Å². The molecule has 1 aromatic carbocycles. The maximum absolute atomic E-state index is 12.6. The van der Waals surface area contributed by atoms with Gasteiger partial charge in [0.15, 0.2) is 0 Å². The third kappa shape index (κ3) is 3.71. The van der Waals surface area contributed by atoms with Gasteiger partial charge in [-0.1, -0.05) is 18.5 Å². The summed E-state index contributed by atoms with van der Waals surface area (Å²) in [4.78, 5) is 26.4. The quantitative estimate of drug-likeness (QED) is 0.866. The van der Waals surface area contributed by atoms with Crippen LogP contribution in [0.3, 0.4) is 0 Å². The Morgan fingerprint density at radius 1 is 1.38 bits per heavy atom. The van der Waals surface area contributed by atoms with Gasteiger partial charge in [-0.25, -0.2) is 0 Å². The number of carboxylic acid groups (broad SMARTS) is 1. The molecule has 0 bridgehead atoms. The van der Waals surface area contributed by atoms with Crippen LogP contribution in [0.5, 0.6) is 0 Å². The zero-order valence-corrected chi connectivity index (χ0v) is 13.6. The lowest BCUT2D eigenvalue weighted by Crippen LogP contribution is -2.45. The highest BCUT2D eigenvalue weighted by Crippen LogP contribution is 2.27. The van der Waals surface area contributed by atoms with Crippen molar-refractivity contribution in [2.24, 2.45) is 11.8 Å². The first kappa shape index (κ1) is 16.2. The number of rotatable bonds is 3. The minimum atomic E-state index is -0.844. The van der Waals surface area contributed by atoms with Crippen molar-refractivity contribution in [3.05, 3.63) is 28.8 Å². The number of carbonyl (C=O) groups excluding carboxylic acids is 1. The van der Waals surface area contributed by atoms with Gasteiger partial charge in [-0.05, 0) is 36.8 Å². The molecule has 0 radical (unpaired) electrons. The average molecular weight is 328 g/mol. The molecule has 6 heteroatoms. The smallest absolute Gasteiger partial charge is 0.308 e. The summed E-state index contributed by atoms with van der Waals surface area (Å²) >= 11 is 7.67. The van der Waals surface area contributed by atoms with Gasteiger partial charge < -0.3 is 10.0 Å². The maximum Gasteiger partial charge on any atom is 0.308 e. The van der Waals surface area contributed by atoms with Gasteiger partial charge >= 0.3 is 5.97 Å². The third-order valence-electron chi connectivity index (χ3n) is 3.70. The topological polar surface area (TPSA) is 57.6 Å². The summed E-state index contributed by atoms with van der Waals surface area (Å²) in [6, 6.07) is 5.34. The molecule has 1 heterocycles. The second-order valence-corrected chi connectivity index (χ2v) is 6.72. The number of carbonyl (C=O) groups is 2. The van der Waals surface area contributed by atoms with Crippen molar-refractivity contribution in [2.45, 2.75) is 18.2 Å². The van der Waals surface area contributed by atoms with Crippen LogP contribution in [0.15, 0.2) is 23.1 Å². The Hall–Kier alpha value is -1.20. The second kappa shape index (κ2) is 6.71. The molecule has 21 heavy (non-hydrogen) atoms. The number of likely N-dealkylation sites (tertiary alicyclic amines) is 1. The predicted molar refractivity (Wildman–Crippen MR) is 84.0 cm³/mol. The predicted octanol–water partition coefficient (Wildman–Crippen LogP) is 3.24. The number of nitrogens with zero attached hydrogens (tertiary/aromatic N) is 1. The molecule has 114 valence electrons. The molecular formula is C15H18ClNO3S. The van der Waals surface area contributed by atoms with Crippen LogP contribution in [-0.2, 0) is 4.79 Å². The minimum absolute atomic E-state index is 0.173. The van der Waals surface area contributed by atoms with E-state index in [1.807, 2.05) is 19.2 Å². The number of thioether (sulfide) groups is 1. The van der Waals surface area contributed by atoms with Gasteiger partial charge in [0.05, 0.1) is 16.5 Å². The van der Waals surface area contributed by atoms with Crippen LogP contribution < -0.4 is 0 Å². The van der Waals surface area contributed by atoms with Gasteiger partial charge in [-0.3, -0.25) is 9.59 Å². The largest absolute Gasteiger partial charge is 0.481 e. The summed E-state index contributed by atoms with van der Waals surface area (Å²) < 4.78 is 0. The Morgan fingerprint density at radius 2 is 2.10 bits per heavy atom. The Kier molecular flexibility index (Phi) is 5.17. The molecule has 2 atom stereocenters. The highest BCUT2D eigenvalue weighted by molar-refractivity contribution is 7.98. The van der Waals surface area contributed by atoms with E-state index in [1.165, 1.54) is 11.8 Å². The van der Waals surface area contributed by atoms with Crippen LogP contribution >= 0.6 is 23.4 Å². The molecule has 1 aromatic rings. The van der Waals surface area contributed by atoms with E-state index in [4.69, 9.17) is 11.6 Å². The molecular weight excluding hydrogens is 310 g/mol. The van der Waals surface area contributed by atoms with E-state index in [-0.39, 0.29) is 18.4 Å². The highest BCUT2D eigenvalue weighted by atomic mass is 35.5. The van der Waals surface area contributed by atoms with Gasteiger partial charge in [0.1, 0.15) is 0 Å². The van der Waals surface area contributed by atoms with E-state index in [0.717, 1.165) is 4.90 Å². The highest BCUT2D eigenvalue weighted by Gasteiger charge is 2.32. The molecule has 2 unspecified atom stereocenters. The van der Waals surface area contributed by atoms with Crippen molar-refractivity contribution >= 4 is 35.2 Å². The standard InChI is InChI=1S/C15H18ClNO3S/c1-9-5-10(15(19)20)8-17(7-9)14(18)12-6-11(21-2)3-4-13(12)16/h3-4,6,9-10H,5,7-8H2,1-2H3,(H,19,20). The Bertz CT molecular complexity index is 564.